The second-order valence-corrected chi connectivity index (χ2v) is 6.77. The SMILES string of the molecule is CC(=O)OC[C@H]1O[C@@H](n2ccc(=NC(=O)c3ccccc3)n(O)c2=O)C[C@@H]1OC(C)=O. The van der Waals surface area contributed by atoms with Gasteiger partial charge in [0.05, 0.1) is 0 Å². The monoisotopic (exact) mass is 431 g/mol. The Morgan fingerprint density at radius 3 is 2.52 bits per heavy atom. The Bertz CT molecular complexity index is 1110. The zero-order valence-electron chi connectivity index (χ0n) is 16.8. The first-order chi connectivity index (χ1) is 14.8. The number of carbonyl (C=O) groups is 3. The molecule has 0 saturated carbocycles. The predicted octanol–water partition coefficient (Wildman–Crippen LogP) is 0.410. The van der Waals surface area contributed by atoms with Gasteiger partial charge < -0.3 is 19.4 Å². The van der Waals surface area contributed by atoms with Crippen LogP contribution in [0.2, 0.25) is 0 Å². The summed E-state index contributed by atoms with van der Waals surface area (Å²) in [5.74, 6) is -1.72. The van der Waals surface area contributed by atoms with E-state index in [1.54, 1.807) is 30.3 Å². The maximum absolute atomic E-state index is 12.6. The summed E-state index contributed by atoms with van der Waals surface area (Å²) in [6, 6.07) is 9.45. The van der Waals surface area contributed by atoms with E-state index in [0.717, 1.165) is 4.57 Å². The topological polar surface area (TPSA) is 138 Å². The Morgan fingerprint density at radius 2 is 1.87 bits per heavy atom. The second kappa shape index (κ2) is 9.39. The van der Waals surface area contributed by atoms with Gasteiger partial charge in [0.15, 0.2) is 5.49 Å². The minimum atomic E-state index is -0.915. The lowest BCUT2D eigenvalue weighted by molar-refractivity contribution is -0.155. The van der Waals surface area contributed by atoms with Crippen LogP contribution in [0.4, 0.5) is 0 Å². The normalized spacial score (nSPS) is 21.0. The van der Waals surface area contributed by atoms with Crippen LogP contribution in [0, 0.1) is 0 Å². The number of benzene rings is 1. The zero-order chi connectivity index (χ0) is 22.5. The van der Waals surface area contributed by atoms with Gasteiger partial charge in [-0.15, -0.1) is 4.73 Å². The molecule has 1 aromatic heterocycles. The van der Waals surface area contributed by atoms with Crippen molar-refractivity contribution in [1.29, 1.82) is 0 Å². The number of nitrogens with zero attached hydrogens (tertiary/aromatic N) is 3. The Labute approximate surface area is 176 Å². The van der Waals surface area contributed by atoms with Crippen LogP contribution in [0.25, 0.3) is 0 Å². The molecule has 1 fully saturated rings. The number of hydrogen-bond acceptors (Lipinski definition) is 8. The van der Waals surface area contributed by atoms with Crippen molar-refractivity contribution in [3.05, 3.63) is 64.1 Å². The van der Waals surface area contributed by atoms with Crippen LogP contribution in [0.15, 0.2) is 52.4 Å². The standard InChI is InChI=1S/C20H21N3O8/c1-12(24)29-11-16-15(30-13(2)25)10-18(31-16)22-9-8-17(23(28)20(22)27)21-19(26)14-6-4-3-5-7-14/h3-9,15-16,18,28H,10-11H2,1-2H3/t15-,16+,18+/m0/s1. The molecule has 3 rings (SSSR count). The van der Waals surface area contributed by atoms with Gasteiger partial charge in [0.1, 0.15) is 25.0 Å². The van der Waals surface area contributed by atoms with Crippen molar-refractivity contribution < 1.29 is 33.8 Å². The van der Waals surface area contributed by atoms with Crippen LogP contribution in [-0.4, -0.2) is 51.2 Å². The molecule has 2 heterocycles. The van der Waals surface area contributed by atoms with Gasteiger partial charge in [-0.3, -0.25) is 19.0 Å². The van der Waals surface area contributed by atoms with E-state index in [2.05, 4.69) is 4.99 Å². The third-order valence-corrected chi connectivity index (χ3v) is 4.50. The van der Waals surface area contributed by atoms with Crippen molar-refractivity contribution in [3.8, 4) is 0 Å². The molecule has 2 aromatic rings. The van der Waals surface area contributed by atoms with Gasteiger partial charge in [-0.25, -0.2) is 4.79 Å². The summed E-state index contributed by atoms with van der Waals surface area (Å²) in [7, 11) is 0. The highest BCUT2D eigenvalue weighted by molar-refractivity contribution is 5.94. The molecule has 1 aliphatic rings. The van der Waals surface area contributed by atoms with E-state index in [4.69, 9.17) is 14.2 Å². The van der Waals surface area contributed by atoms with Gasteiger partial charge in [0.2, 0.25) is 0 Å². The Kier molecular flexibility index (Phi) is 6.65. The summed E-state index contributed by atoms with van der Waals surface area (Å²) in [6.07, 6.45) is -1.07. The Hall–Kier alpha value is -3.73. The first kappa shape index (κ1) is 22.0. The smallest absolute Gasteiger partial charge is 0.364 e. The molecule has 1 amide bonds. The molecule has 164 valence electrons. The summed E-state index contributed by atoms with van der Waals surface area (Å²) in [4.78, 5) is 51.1. The summed E-state index contributed by atoms with van der Waals surface area (Å²) in [5, 5.41) is 10.2. The molecule has 0 spiro atoms. The molecule has 11 heteroatoms. The van der Waals surface area contributed by atoms with Gasteiger partial charge in [-0.1, -0.05) is 18.2 Å². The molecule has 0 aliphatic carbocycles. The van der Waals surface area contributed by atoms with Crippen molar-refractivity contribution in [2.75, 3.05) is 6.61 Å². The van der Waals surface area contributed by atoms with E-state index >= 15 is 0 Å². The molecular weight excluding hydrogens is 410 g/mol. The fraction of sp³-hybridized carbons (Fsp3) is 0.350. The van der Waals surface area contributed by atoms with Crippen LogP contribution in [0.5, 0.6) is 0 Å². The molecule has 11 nitrogen and oxygen atoms in total. The molecule has 1 saturated heterocycles. The van der Waals surface area contributed by atoms with Gasteiger partial charge in [0.25, 0.3) is 5.91 Å². The Balaban J connectivity index is 1.86. The molecule has 1 N–H and O–H groups in total. The van der Waals surface area contributed by atoms with Crippen LogP contribution >= 0.6 is 0 Å². The van der Waals surface area contributed by atoms with E-state index in [1.807, 2.05) is 0 Å². The fourth-order valence-electron chi connectivity index (χ4n) is 3.10. The number of carbonyl (C=O) groups excluding carboxylic acids is 3. The predicted molar refractivity (Wildman–Crippen MR) is 103 cm³/mol. The average molecular weight is 431 g/mol. The van der Waals surface area contributed by atoms with E-state index in [-0.39, 0.29) is 23.2 Å². The summed E-state index contributed by atoms with van der Waals surface area (Å²) >= 11 is 0. The lowest BCUT2D eigenvalue weighted by atomic mass is 10.2. The Morgan fingerprint density at radius 1 is 1.16 bits per heavy atom. The van der Waals surface area contributed by atoms with Gasteiger partial charge >= 0.3 is 17.6 Å². The van der Waals surface area contributed by atoms with Gasteiger partial charge in [-0.2, -0.15) is 4.99 Å². The van der Waals surface area contributed by atoms with Crippen LogP contribution in [-0.2, 0) is 23.8 Å². The molecule has 0 radical (unpaired) electrons. The van der Waals surface area contributed by atoms with E-state index in [9.17, 15) is 24.4 Å². The molecule has 31 heavy (non-hydrogen) atoms. The first-order valence-corrected chi connectivity index (χ1v) is 9.40. The minimum absolute atomic E-state index is 0.0881. The number of esters is 2. The van der Waals surface area contributed by atoms with Gasteiger partial charge in [-0.05, 0) is 12.1 Å². The number of ether oxygens (including phenoxy) is 3. The fourth-order valence-corrected chi connectivity index (χ4v) is 3.10. The average Bonchev–Trinajstić information content (AvgIpc) is 3.12. The van der Waals surface area contributed by atoms with E-state index < -0.39 is 42.0 Å². The van der Waals surface area contributed by atoms with Crippen molar-refractivity contribution in [1.82, 2.24) is 9.30 Å². The maximum atomic E-state index is 12.6. The number of aromatic nitrogens is 2. The maximum Gasteiger partial charge on any atom is 0.364 e. The second-order valence-electron chi connectivity index (χ2n) is 6.77. The molecule has 0 bridgehead atoms. The van der Waals surface area contributed by atoms with Crippen molar-refractivity contribution in [3.63, 3.8) is 0 Å². The zero-order valence-corrected chi connectivity index (χ0v) is 16.8. The summed E-state index contributed by atoms with van der Waals surface area (Å²) < 4.78 is 17.1. The van der Waals surface area contributed by atoms with Crippen molar-refractivity contribution in [2.45, 2.75) is 38.7 Å². The quantitative estimate of drug-likeness (QED) is 0.531. The summed E-state index contributed by atoms with van der Waals surface area (Å²) in [6.45, 7) is 2.28. The van der Waals surface area contributed by atoms with Crippen LogP contribution in [0.1, 0.15) is 36.9 Å². The molecule has 3 atom stereocenters. The van der Waals surface area contributed by atoms with Crippen molar-refractivity contribution >= 4 is 17.8 Å². The van der Waals surface area contributed by atoms with E-state index in [1.165, 1.54) is 26.1 Å². The highest BCUT2D eigenvalue weighted by Crippen LogP contribution is 2.30. The van der Waals surface area contributed by atoms with Crippen LogP contribution < -0.4 is 11.2 Å². The minimum Gasteiger partial charge on any atom is -0.463 e. The largest absolute Gasteiger partial charge is 0.463 e. The molecule has 1 aliphatic heterocycles. The highest BCUT2D eigenvalue weighted by Gasteiger charge is 2.39. The lowest BCUT2D eigenvalue weighted by Crippen LogP contribution is -2.40. The molecule has 0 unspecified atom stereocenters. The number of amides is 1. The van der Waals surface area contributed by atoms with Gasteiger partial charge in [0, 0.05) is 38.1 Å². The number of rotatable bonds is 5. The highest BCUT2D eigenvalue weighted by atomic mass is 16.6. The van der Waals surface area contributed by atoms with E-state index in [0.29, 0.717) is 5.56 Å². The van der Waals surface area contributed by atoms with Crippen molar-refractivity contribution in [2.24, 2.45) is 4.99 Å². The van der Waals surface area contributed by atoms with Crippen LogP contribution in [0.3, 0.4) is 0 Å². The number of hydrogen-bond donors (Lipinski definition) is 1. The third-order valence-electron chi connectivity index (χ3n) is 4.50. The summed E-state index contributed by atoms with van der Waals surface area (Å²) in [5.41, 5.74) is -0.883. The lowest BCUT2D eigenvalue weighted by Gasteiger charge is -2.17. The molecular formula is C20H21N3O8. The first-order valence-electron chi connectivity index (χ1n) is 9.40. The third kappa shape index (κ3) is 5.25. The molecule has 1 aromatic carbocycles.